The first-order valence-corrected chi connectivity index (χ1v) is 5.58. The predicted molar refractivity (Wildman–Crippen MR) is 48.7 cm³/mol. The number of aromatic nitrogens is 1. The van der Waals surface area contributed by atoms with Crippen molar-refractivity contribution in [1.29, 1.82) is 0 Å². The summed E-state index contributed by atoms with van der Waals surface area (Å²) in [5.41, 5.74) is -0.0181. The summed E-state index contributed by atoms with van der Waals surface area (Å²) in [5, 5.41) is 0. The minimum absolute atomic E-state index is 0.0181. The lowest BCUT2D eigenvalue weighted by Gasteiger charge is -2.00. The number of esters is 1. The zero-order valence-corrected chi connectivity index (χ0v) is 8.54. The topological polar surface area (TPSA) is 73.3 Å². The van der Waals surface area contributed by atoms with E-state index >= 15 is 0 Å². The van der Waals surface area contributed by atoms with E-state index in [0.29, 0.717) is 0 Å². The minimum atomic E-state index is -3.31. The number of sulfone groups is 1. The first-order valence-electron chi connectivity index (χ1n) is 3.69. The second-order valence-corrected chi connectivity index (χ2v) is 4.66. The first-order chi connectivity index (χ1) is 6.45. The molecule has 0 amide bonds. The molecule has 6 heteroatoms. The molecule has 0 spiro atoms. The lowest BCUT2D eigenvalue weighted by atomic mass is 10.3. The van der Waals surface area contributed by atoms with Gasteiger partial charge in [0, 0.05) is 12.5 Å². The van der Waals surface area contributed by atoms with Crippen molar-refractivity contribution in [1.82, 2.24) is 4.98 Å². The van der Waals surface area contributed by atoms with Gasteiger partial charge in [-0.3, -0.25) is 0 Å². The fourth-order valence-corrected chi connectivity index (χ4v) is 1.49. The number of nitrogens with zero attached hydrogens (tertiary/aromatic N) is 1. The Morgan fingerprint density at radius 2 is 2.14 bits per heavy atom. The minimum Gasteiger partial charge on any atom is -0.464 e. The molecule has 0 aliphatic heterocycles. The zero-order chi connectivity index (χ0) is 10.8. The smallest absolute Gasteiger partial charge is 0.356 e. The summed E-state index contributed by atoms with van der Waals surface area (Å²) >= 11 is 0. The van der Waals surface area contributed by atoms with Crippen LogP contribution in [-0.2, 0) is 14.6 Å². The second-order valence-electron chi connectivity index (χ2n) is 2.64. The molecule has 0 fully saturated rings. The van der Waals surface area contributed by atoms with Gasteiger partial charge in [0.1, 0.15) is 5.69 Å². The molecular formula is C8H9NO4S. The Morgan fingerprint density at radius 1 is 1.50 bits per heavy atom. The maximum absolute atomic E-state index is 11.1. The fraction of sp³-hybridized carbons (Fsp3) is 0.250. The van der Waals surface area contributed by atoms with Crippen molar-refractivity contribution in [2.75, 3.05) is 13.4 Å². The number of rotatable bonds is 2. The van der Waals surface area contributed by atoms with E-state index in [2.05, 4.69) is 9.72 Å². The van der Waals surface area contributed by atoms with Gasteiger partial charge >= 0.3 is 5.97 Å². The quantitative estimate of drug-likeness (QED) is 0.662. The molecule has 0 saturated heterocycles. The Balaban J connectivity index is 3.21. The Labute approximate surface area is 81.6 Å². The van der Waals surface area contributed by atoms with Gasteiger partial charge in [0.2, 0.25) is 0 Å². The highest BCUT2D eigenvalue weighted by molar-refractivity contribution is 7.90. The van der Waals surface area contributed by atoms with E-state index < -0.39 is 15.8 Å². The summed E-state index contributed by atoms with van der Waals surface area (Å²) in [6.45, 7) is 0. The van der Waals surface area contributed by atoms with Crippen LogP contribution in [0.25, 0.3) is 0 Å². The lowest BCUT2D eigenvalue weighted by molar-refractivity contribution is 0.0593. The summed E-state index contributed by atoms with van der Waals surface area (Å²) in [6.07, 6.45) is 2.31. The fourth-order valence-electron chi connectivity index (χ4n) is 0.858. The van der Waals surface area contributed by atoms with Crippen LogP contribution in [0.3, 0.4) is 0 Å². The number of carbonyl (C=O) groups excluding carboxylic acids is 1. The van der Waals surface area contributed by atoms with E-state index in [0.717, 1.165) is 6.26 Å². The molecule has 0 atom stereocenters. The van der Waals surface area contributed by atoms with Crippen LogP contribution in [0.5, 0.6) is 0 Å². The van der Waals surface area contributed by atoms with E-state index in [9.17, 15) is 13.2 Å². The van der Waals surface area contributed by atoms with E-state index in [1.165, 1.54) is 25.4 Å². The van der Waals surface area contributed by atoms with Crippen LogP contribution in [-0.4, -0.2) is 32.7 Å². The van der Waals surface area contributed by atoms with E-state index in [1.54, 1.807) is 0 Å². The van der Waals surface area contributed by atoms with Gasteiger partial charge in [-0.1, -0.05) is 0 Å². The number of methoxy groups -OCH3 is 1. The van der Waals surface area contributed by atoms with Gasteiger partial charge < -0.3 is 4.74 Å². The largest absolute Gasteiger partial charge is 0.464 e. The van der Waals surface area contributed by atoms with Crippen molar-refractivity contribution in [3.05, 3.63) is 24.0 Å². The molecule has 14 heavy (non-hydrogen) atoms. The Morgan fingerprint density at radius 3 is 2.64 bits per heavy atom. The van der Waals surface area contributed by atoms with Crippen LogP contribution >= 0.6 is 0 Å². The molecule has 0 radical (unpaired) electrons. The van der Waals surface area contributed by atoms with E-state index in [4.69, 9.17) is 0 Å². The number of pyridine rings is 1. The van der Waals surface area contributed by atoms with E-state index in [-0.39, 0.29) is 10.6 Å². The van der Waals surface area contributed by atoms with Gasteiger partial charge in [-0.15, -0.1) is 0 Å². The number of ether oxygens (including phenoxy) is 1. The van der Waals surface area contributed by atoms with Gasteiger partial charge in [-0.25, -0.2) is 18.2 Å². The number of carbonyl (C=O) groups is 1. The molecule has 0 bridgehead atoms. The molecule has 1 heterocycles. The molecule has 76 valence electrons. The third-order valence-electron chi connectivity index (χ3n) is 1.55. The molecule has 0 N–H and O–H groups in total. The molecule has 1 aromatic rings. The summed E-state index contributed by atoms with van der Waals surface area (Å²) in [7, 11) is -2.11. The maximum Gasteiger partial charge on any atom is 0.356 e. The van der Waals surface area contributed by atoms with Gasteiger partial charge in [-0.2, -0.15) is 0 Å². The third-order valence-corrected chi connectivity index (χ3v) is 2.66. The monoisotopic (exact) mass is 215 g/mol. The van der Waals surface area contributed by atoms with Gasteiger partial charge in [0.25, 0.3) is 0 Å². The molecular weight excluding hydrogens is 206 g/mol. The van der Waals surface area contributed by atoms with Crippen LogP contribution < -0.4 is 0 Å². The SMILES string of the molecule is COC(=O)c1cc(S(C)(=O)=O)ccn1. The molecule has 1 aromatic heterocycles. The third kappa shape index (κ3) is 2.29. The molecule has 0 aliphatic carbocycles. The summed E-state index contributed by atoms with van der Waals surface area (Å²) < 4.78 is 26.6. The van der Waals surface area contributed by atoms with Crippen LogP contribution in [0, 0.1) is 0 Å². The number of hydrogen-bond donors (Lipinski definition) is 0. The highest BCUT2D eigenvalue weighted by atomic mass is 32.2. The van der Waals surface area contributed by atoms with Crippen molar-refractivity contribution in [2.24, 2.45) is 0 Å². The lowest BCUT2D eigenvalue weighted by Crippen LogP contribution is -2.06. The zero-order valence-electron chi connectivity index (χ0n) is 7.72. The van der Waals surface area contributed by atoms with Crippen molar-refractivity contribution in [2.45, 2.75) is 4.90 Å². The predicted octanol–water partition coefficient (Wildman–Crippen LogP) is 0.272. The normalized spacial score (nSPS) is 11.0. The average molecular weight is 215 g/mol. The highest BCUT2D eigenvalue weighted by Crippen LogP contribution is 2.09. The Hall–Kier alpha value is -1.43. The van der Waals surface area contributed by atoms with Gasteiger partial charge in [0.15, 0.2) is 9.84 Å². The second kappa shape index (κ2) is 3.75. The van der Waals surface area contributed by atoms with Crippen molar-refractivity contribution >= 4 is 15.8 Å². The highest BCUT2D eigenvalue weighted by Gasteiger charge is 2.12. The van der Waals surface area contributed by atoms with E-state index in [1.807, 2.05) is 0 Å². The van der Waals surface area contributed by atoms with Gasteiger partial charge in [0.05, 0.1) is 12.0 Å². The Kier molecular flexibility index (Phi) is 2.85. The van der Waals surface area contributed by atoms with Crippen LogP contribution in [0.1, 0.15) is 10.5 Å². The summed E-state index contributed by atoms with van der Waals surface area (Å²) in [5.74, 6) is -0.657. The van der Waals surface area contributed by atoms with Crippen LogP contribution in [0.2, 0.25) is 0 Å². The van der Waals surface area contributed by atoms with Crippen molar-refractivity contribution in [3.63, 3.8) is 0 Å². The van der Waals surface area contributed by atoms with Crippen LogP contribution in [0.4, 0.5) is 0 Å². The Bertz CT molecular complexity index is 452. The average Bonchev–Trinajstić information content (AvgIpc) is 2.15. The summed E-state index contributed by atoms with van der Waals surface area (Å²) in [4.78, 5) is 14.7. The van der Waals surface area contributed by atoms with Crippen LogP contribution in [0.15, 0.2) is 23.2 Å². The standard InChI is InChI=1S/C8H9NO4S/c1-13-8(10)7-5-6(3-4-9-7)14(2,11)12/h3-5H,1-2H3. The molecule has 0 unspecified atom stereocenters. The molecule has 1 rings (SSSR count). The molecule has 0 aliphatic rings. The van der Waals surface area contributed by atoms with Crippen molar-refractivity contribution < 1.29 is 17.9 Å². The number of hydrogen-bond acceptors (Lipinski definition) is 5. The van der Waals surface area contributed by atoms with Gasteiger partial charge in [-0.05, 0) is 12.1 Å². The molecule has 0 aromatic carbocycles. The first kappa shape index (κ1) is 10.6. The maximum atomic E-state index is 11.1. The molecule has 5 nitrogen and oxygen atoms in total. The molecule has 0 saturated carbocycles. The van der Waals surface area contributed by atoms with Crippen molar-refractivity contribution in [3.8, 4) is 0 Å². The summed E-state index contributed by atoms with van der Waals surface area (Å²) in [6, 6.07) is 2.50.